The van der Waals surface area contributed by atoms with Crippen LogP contribution in [0.4, 0.5) is 13.2 Å². The largest absolute Gasteiger partial charge is 0.416 e. The van der Waals surface area contributed by atoms with Crippen LogP contribution in [0.15, 0.2) is 53.4 Å². The van der Waals surface area contributed by atoms with Gasteiger partial charge in [0.15, 0.2) is 15.6 Å². The summed E-state index contributed by atoms with van der Waals surface area (Å²) >= 11 is 0. The normalized spacial score (nSPS) is 17.8. The fourth-order valence-electron chi connectivity index (χ4n) is 4.82. The number of halogens is 3. The highest BCUT2D eigenvalue weighted by atomic mass is 32.2. The van der Waals surface area contributed by atoms with Crippen molar-refractivity contribution in [1.82, 2.24) is 4.90 Å². The van der Waals surface area contributed by atoms with Gasteiger partial charge in [0.1, 0.15) is 0 Å². The molecule has 1 saturated heterocycles. The number of piperidine rings is 1. The number of carbonyl (C=O) groups is 2. The van der Waals surface area contributed by atoms with Gasteiger partial charge in [-0.05, 0) is 81.7 Å². The van der Waals surface area contributed by atoms with E-state index in [-0.39, 0.29) is 22.5 Å². The van der Waals surface area contributed by atoms with Crippen LogP contribution in [0.1, 0.15) is 72.2 Å². The van der Waals surface area contributed by atoms with Gasteiger partial charge >= 0.3 is 6.18 Å². The maximum atomic E-state index is 13.4. The molecule has 0 spiro atoms. The molecular weight excluding hydrogens is 491 g/mol. The molecule has 0 bridgehead atoms. The van der Waals surface area contributed by atoms with Crippen LogP contribution in [0.25, 0.3) is 0 Å². The second kappa shape index (κ2) is 9.65. The summed E-state index contributed by atoms with van der Waals surface area (Å²) in [5.74, 6) is 0.0555. The number of amides is 1. The molecule has 1 aliphatic heterocycles. The Hall–Kier alpha value is -2.68. The van der Waals surface area contributed by atoms with Gasteiger partial charge in [0.05, 0.1) is 15.2 Å². The second-order valence-corrected chi connectivity index (χ2v) is 12.9. The van der Waals surface area contributed by atoms with E-state index in [2.05, 4.69) is 0 Å². The van der Waals surface area contributed by atoms with E-state index in [1.807, 2.05) is 0 Å². The average molecular weight is 522 g/mol. The summed E-state index contributed by atoms with van der Waals surface area (Å²) in [6, 6.07) is 10.5. The summed E-state index contributed by atoms with van der Waals surface area (Å²) in [5, 5.41) is 0. The third-order valence-electron chi connectivity index (χ3n) is 7.55. The van der Waals surface area contributed by atoms with E-state index >= 15 is 0 Å². The first kappa shape index (κ1) is 26.4. The van der Waals surface area contributed by atoms with E-state index in [1.165, 1.54) is 6.07 Å². The molecule has 36 heavy (non-hydrogen) atoms. The van der Waals surface area contributed by atoms with Crippen LogP contribution >= 0.6 is 0 Å². The summed E-state index contributed by atoms with van der Waals surface area (Å²) in [5.41, 5.74) is 0.0611. The fraction of sp³-hybridized carbons (Fsp3) is 0.481. The lowest BCUT2D eigenvalue weighted by Gasteiger charge is -2.40. The summed E-state index contributed by atoms with van der Waals surface area (Å²) in [4.78, 5) is 26.6. The molecule has 0 radical (unpaired) electrons. The Morgan fingerprint density at radius 1 is 0.917 bits per heavy atom. The molecule has 0 N–H and O–H groups in total. The van der Waals surface area contributed by atoms with E-state index in [9.17, 15) is 31.2 Å². The van der Waals surface area contributed by atoms with Crippen molar-refractivity contribution in [1.29, 1.82) is 0 Å². The van der Waals surface area contributed by atoms with Crippen LogP contribution in [0.3, 0.4) is 0 Å². The van der Waals surface area contributed by atoms with Crippen molar-refractivity contribution in [3.63, 3.8) is 0 Å². The highest BCUT2D eigenvalue weighted by Gasteiger charge is 2.45. The molecule has 0 atom stereocenters. The van der Waals surface area contributed by atoms with Crippen LogP contribution in [-0.2, 0) is 16.0 Å². The Morgan fingerprint density at radius 2 is 1.50 bits per heavy atom. The smallest absolute Gasteiger partial charge is 0.339 e. The highest BCUT2D eigenvalue weighted by molar-refractivity contribution is 7.92. The van der Waals surface area contributed by atoms with Gasteiger partial charge in [-0.25, -0.2) is 8.42 Å². The van der Waals surface area contributed by atoms with E-state index in [0.29, 0.717) is 55.5 Å². The fourth-order valence-corrected chi connectivity index (χ4v) is 6.65. The molecule has 2 aromatic carbocycles. The Bertz CT molecular complexity index is 1240. The molecular formula is C27H30F3NO4S. The average Bonchev–Trinajstić information content (AvgIpc) is 3.67. The molecule has 2 aliphatic rings. The number of sulfone groups is 1. The van der Waals surface area contributed by atoms with Crippen molar-refractivity contribution in [3.8, 4) is 0 Å². The van der Waals surface area contributed by atoms with Gasteiger partial charge < -0.3 is 4.90 Å². The zero-order chi connectivity index (χ0) is 26.3. The Labute approximate surface area is 209 Å². The zero-order valence-electron chi connectivity index (χ0n) is 20.3. The van der Waals surface area contributed by atoms with Crippen molar-refractivity contribution >= 4 is 21.5 Å². The van der Waals surface area contributed by atoms with Gasteiger partial charge in [-0.2, -0.15) is 13.2 Å². The number of ketones is 1. The van der Waals surface area contributed by atoms with Crippen molar-refractivity contribution < 1.29 is 31.2 Å². The Morgan fingerprint density at radius 3 is 2.06 bits per heavy atom. The third kappa shape index (κ3) is 5.36. The van der Waals surface area contributed by atoms with Crippen LogP contribution < -0.4 is 0 Å². The molecule has 2 aromatic rings. The first-order valence-electron chi connectivity index (χ1n) is 12.1. The molecule has 1 saturated carbocycles. The molecule has 0 aromatic heterocycles. The summed E-state index contributed by atoms with van der Waals surface area (Å²) in [6.07, 6.45) is -1.08. The lowest BCUT2D eigenvalue weighted by Crippen LogP contribution is -2.47. The SMILES string of the molecule is CC(C)(C1CCN(C(=O)c2ccc(C(=O)CC3CC3)cc2)CC1)S(=O)(=O)c1cccc(C(F)(F)F)c1. The molecule has 4 rings (SSSR count). The zero-order valence-corrected chi connectivity index (χ0v) is 21.2. The molecule has 0 unspecified atom stereocenters. The minimum absolute atomic E-state index is 0.0847. The molecule has 5 nitrogen and oxygen atoms in total. The number of rotatable bonds is 7. The van der Waals surface area contributed by atoms with Gasteiger partial charge in [0.2, 0.25) is 0 Å². The third-order valence-corrected chi connectivity index (χ3v) is 10.1. The Kier molecular flexibility index (Phi) is 7.07. The van der Waals surface area contributed by atoms with Crippen LogP contribution in [-0.4, -0.2) is 42.8 Å². The minimum atomic E-state index is -4.63. The molecule has 1 aliphatic carbocycles. The maximum Gasteiger partial charge on any atom is 0.416 e. The van der Waals surface area contributed by atoms with Crippen LogP contribution in [0, 0.1) is 11.8 Å². The van der Waals surface area contributed by atoms with Gasteiger partial charge in [-0.1, -0.05) is 18.2 Å². The number of alkyl halides is 3. The highest BCUT2D eigenvalue weighted by Crippen LogP contribution is 2.40. The van der Waals surface area contributed by atoms with E-state index < -0.39 is 26.3 Å². The number of hydrogen-bond acceptors (Lipinski definition) is 4. The van der Waals surface area contributed by atoms with Gasteiger partial charge in [-0.15, -0.1) is 0 Å². The summed E-state index contributed by atoms with van der Waals surface area (Å²) in [6.45, 7) is 3.77. The first-order valence-corrected chi connectivity index (χ1v) is 13.6. The quantitative estimate of drug-likeness (QED) is 0.432. The molecule has 1 amide bonds. The van der Waals surface area contributed by atoms with Gasteiger partial charge in [0.25, 0.3) is 5.91 Å². The van der Waals surface area contributed by atoms with Crippen molar-refractivity contribution in [3.05, 3.63) is 65.2 Å². The molecule has 1 heterocycles. The summed E-state index contributed by atoms with van der Waals surface area (Å²) < 4.78 is 64.8. The minimum Gasteiger partial charge on any atom is -0.339 e. The standard InChI is InChI=1S/C27H30F3NO4S/c1-26(2,36(34,35)23-5-3-4-22(17-23)27(28,29)30)21-12-14-31(15-13-21)25(33)20-10-8-19(9-11-20)24(32)16-18-6-7-18/h3-5,8-11,17-18,21H,6-7,12-16H2,1-2H3. The number of Topliss-reactive ketones (excluding diaryl/α,β-unsaturated/α-hetero) is 1. The Balaban J connectivity index is 1.41. The molecule has 9 heteroatoms. The number of hydrogen-bond donors (Lipinski definition) is 0. The molecule has 2 fully saturated rings. The lowest BCUT2D eigenvalue weighted by atomic mass is 9.85. The van der Waals surface area contributed by atoms with E-state index in [4.69, 9.17) is 0 Å². The van der Waals surface area contributed by atoms with Gasteiger partial charge in [0, 0.05) is 30.6 Å². The number of carbonyl (C=O) groups excluding carboxylic acids is 2. The van der Waals surface area contributed by atoms with Crippen LogP contribution in [0.2, 0.25) is 0 Å². The van der Waals surface area contributed by atoms with Crippen molar-refractivity contribution in [2.45, 2.75) is 61.8 Å². The lowest BCUT2D eigenvalue weighted by molar-refractivity contribution is -0.137. The predicted octanol–water partition coefficient (Wildman–Crippen LogP) is 5.79. The second-order valence-electron chi connectivity index (χ2n) is 10.3. The molecule has 194 valence electrons. The van der Waals surface area contributed by atoms with E-state index in [1.54, 1.807) is 43.0 Å². The summed E-state index contributed by atoms with van der Waals surface area (Å²) in [7, 11) is -4.06. The number of likely N-dealkylation sites (tertiary alicyclic amines) is 1. The topological polar surface area (TPSA) is 71.5 Å². The van der Waals surface area contributed by atoms with Crippen LogP contribution in [0.5, 0.6) is 0 Å². The number of nitrogens with zero attached hydrogens (tertiary/aromatic N) is 1. The monoisotopic (exact) mass is 521 g/mol. The maximum absolute atomic E-state index is 13.4. The van der Waals surface area contributed by atoms with Crippen molar-refractivity contribution in [2.75, 3.05) is 13.1 Å². The first-order chi connectivity index (χ1) is 16.8. The van der Waals surface area contributed by atoms with E-state index in [0.717, 1.165) is 25.0 Å². The van der Waals surface area contributed by atoms with Crippen molar-refractivity contribution in [2.24, 2.45) is 11.8 Å². The predicted molar refractivity (Wildman–Crippen MR) is 129 cm³/mol. The van der Waals surface area contributed by atoms with Gasteiger partial charge in [-0.3, -0.25) is 9.59 Å². The number of benzene rings is 2.